The molecule has 1 heterocycles. The van der Waals surface area contributed by atoms with Crippen LogP contribution in [-0.4, -0.2) is 35.2 Å². The van der Waals surface area contributed by atoms with Gasteiger partial charge in [0.2, 0.25) is 0 Å². The van der Waals surface area contributed by atoms with Crippen LogP contribution in [0.25, 0.3) is 0 Å². The third-order valence-electron chi connectivity index (χ3n) is 3.60. The molecule has 0 saturated carbocycles. The van der Waals surface area contributed by atoms with Crippen molar-refractivity contribution in [3.05, 3.63) is 62.4 Å². The molecule has 0 aliphatic heterocycles. The summed E-state index contributed by atoms with van der Waals surface area (Å²) in [4.78, 5) is 11.9. The molecular weight excluding hydrogens is 531 g/mol. The summed E-state index contributed by atoms with van der Waals surface area (Å²) < 4.78 is 16.9. The number of nitrogens with zero attached hydrogens (tertiary/aromatic N) is 3. The van der Waals surface area contributed by atoms with Crippen molar-refractivity contribution in [2.75, 3.05) is 12.9 Å². The van der Waals surface area contributed by atoms with Crippen LogP contribution in [0.3, 0.4) is 0 Å². The first-order valence-corrected chi connectivity index (χ1v) is 11.2. The molecule has 0 unspecified atom stereocenters. The van der Waals surface area contributed by atoms with Crippen LogP contribution in [-0.2, 0) is 11.4 Å². The van der Waals surface area contributed by atoms with Crippen molar-refractivity contribution < 1.29 is 18.7 Å². The summed E-state index contributed by atoms with van der Waals surface area (Å²) in [7, 11) is 1.58. The fourth-order valence-corrected chi connectivity index (χ4v) is 3.78. The van der Waals surface area contributed by atoms with Crippen LogP contribution in [0.2, 0.25) is 10.0 Å². The molecule has 3 aromatic rings. The molecule has 3 rings (SSSR count). The van der Waals surface area contributed by atoms with Gasteiger partial charge in [-0.15, -0.1) is 10.2 Å². The fourth-order valence-electron chi connectivity index (χ4n) is 2.19. The number of hydrogen-bond acceptors (Lipinski definition) is 8. The smallest absolute Gasteiger partial charge is 0.277 e. The van der Waals surface area contributed by atoms with E-state index in [1.165, 1.54) is 6.21 Å². The number of nitrogens with one attached hydrogen (secondary N) is 1. The molecule has 0 spiro atoms. The van der Waals surface area contributed by atoms with Gasteiger partial charge >= 0.3 is 0 Å². The summed E-state index contributed by atoms with van der Waals surface area (Å²) in [5, 5.41) is 12.8. The third kappa shape index (κ3) is 7.13. The quantitative estimate of drug-likeness (QED) is 0.230. The van der Waals surface area contributed by atoms with Gasteiger partial charge in [0.05, 0.1) is 28.6 Å². The highest BCUT2D eigenvalue weighted by Gasteiger charge is 2.11. The number of benzene rings is 2. The first-order valence-electron chi connectivity index (χ1n) is 8.63. The second-order valence-corrected chi connectivity index (χ2v) is 8.43. The van der Waals surface area contributed by atoms with Gasteiger partial charge in [0.15, 0.2) is 6.61 Å². The molecule has 12 heteroatoms. The number of carbonyl (C=O) groups excluding carboxylic acids is 1. The van der Waals surface area contributed by atoms with Crippen molar-refractivity contribution in [1.29, 1.82) is 0 Å². The number of halogens is 3. The van der Waals surface area contributed by atoms with Crippen molar-refractivity contribution in [2.45, 2.75) is 11.8 Å². The van der Waals surface area contributed by atoms with E-state index in [-0.39, 0.29) is 29.4 Å². The lowest BCUT2D eigenvalue weighted by molar-refractivity contribution is -0.118. The van der Waals surface area contributed by atoms with Crippen molar-refractivity contribution >= 4 is 63.0 Å². The molecule has 0 bridgehead atoms. The molecule has 2 aromatic carbocycles. The zero-order valence-electron chi connectivity index (χ0n) is 16.0. The lowest BCUT2D eigenvalue weighted by Crippen LogP contribution is -2.19. The minimum Gasteiger partial charge on any atom is -0.496 e. The van der Waals surface area contributed by atoms with E-state index in [2.05, 4.69) is 36.7 Å². The fraction of sp³-hybridized carbons (Fsp3) is 0.158. The number of amides is 1. The van der Waals surface area contributed by atoms with Gasteiger partial charge in [-0.2, -0.15) is 5.10 Å². The summed E-state index contributed by atoms with van der Waals surface area (Å²) in [6, 6.07) is 10.3. The minimum absolute atomic E-state index is 0.0306. The number of methoxy groups -OCH3 is 1. The molecule has 0 saturated heterocycles. The van der Waals surface area contributed by atoms with Crippen LogP contribution >= 0.6 is 50.9 Å². The first kappa shape index (κ1) is 23.4. The predicted octanol–water partition coefficient (Wildman–Crippen LogP) is 4.97. The maximum atomic E-state index is 11.9. The highest BCUT2D eigenvalue weighted by atomic mass is 79.9. The van der Waals surface area contributed by atoms with Crippen molar-refractivity contribution in [3.8, 4) is 11.5 Å². The number of rotatable bonds is 9. The molecule has 0 fully saturated rings. The first-order chi connectivity index (χ1) is 14.9. The summed E-state index contributed by atoms with van der Waals surface area (Å²) in [6.07, 6.45) is 1.52. The molecule has 0 aliphatic rings. The standard InChI is InChI=1S/C19H15BrCl2N4O4S/c1-28-15-4-2-11(6-13(15)20)8-23-24-17(27)10-31-19-26-25-18(30-19)9-29-16-5-3-12(21)7-14(16)22/h2-8H,9-10H2,1H3,(H,24,27)/b23-8-. The highest BCUT2D eigenvalue weighted by molar-refractivity contribution is 9.10. The number of thioether (sulfide) groups is 1. The average molecular weight is 546 g/mol. The summed E-state index contributed by atoms with van der Waals surface area (Å²) in [5.74, 6) is 1.13. The van der Waals surface area contributed by atoms with E-state index in [1.807, 2.05) is 12.1 Å². The zero-order valence-corrected chi connectivity index (χ0v) is 19.9. The zero-order chi connectivity index (χ0) is 22.2. The van der Waals surface area contributed by atoms with Crippen LogP contribution in [0.4, 0.5) is 0 Å². The van der Waals surface area contributed by atoms with Crippen molar-refractivity contribution in [1.82, 2.24) is 15.6 Å². The Hall–Kier alpha value is -2.27. The van der Waals surface area contributed by atoms with Gasteiger partial charge in [0.1, 0.15) is 11.5 Å². The van der Waals surface area contributed by atoms with Crippen LogP contribution in [0.5, 0.6) is 11.5 Å². The summed E-state index contributed by atoms with van der Waals surface area (Å²) >= 11 is 16.4. The number of carbonyl (C=O) groups is 1. The summed E-state index contributed by atoms with van der Waals surface area (Å²) in [6.45, 7) is 0.0306. The topological polar surface area (TPSA) is 98.8 Å². The van der Waals surface area contributed by atoms with Gasteiger partial charge in [-0.25, -0.2) is 5.43 Å². The van der Waals surface area contributed by atoms with Crippen LogP contribution in [0.15, 0.2) is 55.6 Å². The largest absolute Gasteiger partial charge is 0.496 e. The van der Waals surface area contributed by atoms with Gasteiger partial charge in [0.25, 0.3) is 17.0 Å². The minimum atomic E-state index is -0.322. The monoisotopic (exact) mass is 544 g/mol. The van der Waals surface area contributed by atoms with Gasteiger partial charge in [0, 0.05) is 5.02 Å². The Morgan fingerprint density at radius 3 is 2.81 bits per heavy atom. The molecular formula is C19H15BrCl2N4O4S. The summed E-state index contributed by atoms with van der Waals surface area (Å²) in [5.41, 5.74) is 3.23. The number of ether oxygens (including phenoxy) is 2. The van der Waals surface area contributed by atoms with E-state index in [9.17, 15) is 4.79 Å². The Morgan fingerprint density at radius 1 is 1.26 bits per heavy atom. The Morgan fingerprint density at radius 2 is 2.06 bits per heavy atom. The lowest BCUT2D eigenvalue weighted by atomic mass is 10.2. The molecule has 1 N–H and O–H groups in total. The van der Waals surface area contributed by atoms with Gasteiger partial charge in [-0.1, -0.05) is 35.0 Å². The molecule has 0 aliphatic carbocycles. The Balaban J connectivity index is 1.43. The Labute approximate surface area is 200 Å². The van der Waals surface area contributed by atoms with Gasteiger partial charge in [-0.3, -0.25) is 4.79 Å². The maximum Gasteiger partial charge on any atom is 0.277 e. The van der Waals surface area contributed by atoms with Crippen molar-refractivity contribution in [2.24, 2.45) is 5.10 Å². The maximum absolute atomic E-state index is 11.9. The lowest BCUT2D eigenvalue weighted by Gasteiger charge is -2.05. The Kier molecular flexibility index (Phi) is 8.59. The van der Waals surface area contributed by atoms with Crippen molar-refractivity contribution in [3.63, 3.8) is 0 Å². The normalized spacial score (nSPS) is 11.0. The van der Waals surface area contributed by atoms with E-state index in [0.717, 1.165) is 21.8 Å². The van der Waals surface area contributed by atoms with E-state index in [4.69, 9.17) is 37.1 Å². The van der Waals surface area contributed by atoms with E-state index >= 15 is 0 Å². The molecule has 31 heavy (non-hydrogen) atoms. The number of aromatic nitrogens is 2. The SMILES string of the molecule is COc1ccc(/C=N\NC(=O)CSc2nnc(COc3ccc(Cl)cc3Cl)o2)cc1Br. The van der Waals surface area contributed by atoms with Crippen LogP contribution in [0, 0.1) is 0 Å². The van der Waals surface area contributed by atoms with Crippen LogP contribution < -0.4 is 14.9 Å². The Bertz CT molecular complexity index is 1100. The molecule has 1 amide bonds. The average Bonchev–Trinajstić information content (AvgIpc) is 3.20. The second-order valence-electron chi connectivity index (χ2n) is 5.80. The second kappa shape index (κ2) is 11.4. The van der Waals surface area contributed by atoms with E-state index < -0.39 is 0 Å². The highest BCUT2D eigenvalue weighted by Crippen LogP contribution is 2.28. The molecule has 8 nitrogen and oxygen atoms in total. The molecule has 0 atom stereocenters. The van der Waals surface area contributed by atoms with Crippen LogP contribution in [0.1, 0.15) is 11.5 Å². The van der Waals surface area contributed by atoms with E-state index in [0.29, 0.717) is 21.5 Å². The third-order valence-corrected chi connectivity index (χ3v) is 5.57. The number of hydrazone groups is 1. The molecule has 162 valence electrons. The van der Waals surface area contributed by atoms with E-state index in [1.54, 1.807) is 31.4 Å². The molecule has 0 radical (unpaired) electrons. The predicted molar refractivity (Wildman–Crippen MR) is 122 cm³/mol. The van der Waals surface area contributed by atoms with Gasteiger partial charge < -0.3 is 13.9 Å². The van der Waals surface area contributed by atoms with Gasteiger partial charge in [-0.05, 0) is 57.9 Å². The number of hydrogen-bond donors (Lipinski definition) is 1. The molecule has 1 aromatic heterocycles.